The van der Waals surface area contributed by atoms with Crippen LogP contribution in [0.3, 0.4) is 0 Å². The Labute approximate surface area is 169 Å². The first kappa shape index (κ1) is 20.9. The van der Waals surface area contributed by atoms with Crippen molar-refractivity contribution in [3.8, 4) is 0 Å². The Bertz CT molecular complexity index is 883. The van der Waals surface area contributed by atoms with Gasteiger partial charge in [-0.2, -0.15) is 0 Å². The molecule has 0 fully saturated rings. The van der Waals surface area contributed by atoms with Crippen molar-refractivity contribution in [2.24, 2.45) is 0 Å². The Kier molecular flexibility index (Phi) is 5.88. The summed E-state index contributed by atoms with van der Waals surface area (Å²) in [5.74, 6) is 0. The van der Waals surface area contributed by atoms with E-state index < -0.39 is 0 Å². The van der Waals surface area contributed by atoms with Crippen molar-refractivity contribution >= 4 is 21.8 Å². The minimum absolute atomic E-state index is 0.132. The van der Waals surface area contributed by atoms with Crippen molar-refractivity contribution in [1.82, 2.24) is 4.57 Å². The SMILES string of the molecule is COCCOCCn1c2ccc(C(C)(C)C)cc2c2cc(C(C)(C)C)ccc21. The first-order valence-electron chi connectivity index (χ1n) is 10.3. The molecule has 0 saturated carbocycles. The lowest BCUT2D eigenvalue weighted by Crippen LogP contribution is -2.11. The molecule has 0 amide bonds. The molecule has 2 aromatic carbocycles. The van der Waals surface area contributed by atoms with Crippen molar-refractivity contribution in [3.63, 3.8) is 0 Å². The molecule has 0 saturated heterocycles. The minimum atomic E-state index is 0.132. The summed E-state index contributed by atoms with van der Waals surface area (Å²) in [5, 5.41) is 2.68. The van der Waals surface area contributed by atoms with Gasteiger partial charge in [0.25, 0.3) is 0 Å². The summed E-state index contributed by atoms with van der Waals surface area (Å²) in [6.07, 6.45) is 0. The second kappa shape index (κ2) is 7.88. The zero-order chi connectivity index (χ0) is 20.5. The zero-order valence-electron chi connectivity index (χ0n) is 18.6. The topological polar surface area (TPSA) is 23.4 Å². The molecule has 0 aliphatic rings. The van der Waals surface area contributed by atoms with E-state index in [0.29, 0.717) is 19.8 Å². The number of ether oxygens (including phenoxy) is 2. The Hall–Kier alpha value is -1.84. The molecule has 0 N–H and O–H groups in total. The molecular weight excluding hydrogens is 346 g/mol. The quantitative estimate of drug-likeness (QED) is 0.485. The summed E-state index contributed by atoms with van der Waals surface area (Å²) in [7, 11) is 1.70. The van der Waals surface area contributed by atoms with E-state index in [9.17, 15) is 0 Å². The number of rotatable bonds is 6. The van der Waals surface area contributed by atoms with Crippen molar-refractivity contribution < 1.29 is 9.47 Å². The van der Waals surface area contributed by atoms with Crippen LogP contribution in [0.4, 0.5) is 0 Å². The number of fused-ring (bicyclic) bond motifs is 3. The first-order chi connectivity index (χ1) is 13.1. The van der Waals surface area contributed by atoms with Gasteiger partial charge in [-0.05, 0) is 46.2 Å². The van der Waals surface area contributed by atoms with E-state index in [4.69, 9.17) is 9.47 Å². The lowest BCUT2D eigenvalue weighted by molar-refractivity contribution is 0.0673. The fourth-order valence-corrected chi connectivity index (χ4v) is 3.68. The van der Waals surface area contributed by atoms with Crippen LogP contribution in [0.1, 0.15) is 52.7 Å². The van der Waals surface area contributed by atoms with E-state index in [1.165, 1.54) is 32.9 Å². The molecule has 0 aliphatic heterocycles. The van der Waals surface area contributed by atoms with E-state index in [0.717, 1.165) is 6.54 Å². The first-order valence-corrected chi connectivity index (χ1v) is 10.3. The van der Waals surface area contributed by atoms with Gasteiger partial charge >= 0.3 is 0 Å². The van der Waals surface area contributed by atoms with Gasteiger partial charge in [0.15, 0.2) is 0 Å². The van der Waals surface area contributed by atoms with Crippen LogP contribution in [-0.2, 0) is 26.8 Å². The van der Waals surface area contributed by atoms with Gasteiger partial charge in [-0.25, -0.2) is 0 Å². The lowest BCUT2D eigenvalue weighted by atomic mass is 9.85. The lowest BCUT2D eigenvalue weighted by Gasteiger charge is -2.19. The van der Waals surface area contributed by atoms with Crippen LogP contribution in [0.15, 0.2) is 36.4 Å². The van der Waals surface area contributed by atoms with Gasteiger partial charge in [-0.3, -0.25) is 0 Å². The summed E-state index contributed by atoms with van der Waals surface area (Å²) in [6.45, 7) is 16.4. The van der Waals surface area contributed by atoms with Crippen LogP contribution in [0.25, 0.3) is 21.8 Å². The monoisotopic (exact) mass is 381 g/mol. The number of hydrogen-bond donors (Lipinski definition) is 0. The van der Waals surface area contributed by atoms with Crippen LogP contribution in [-0.4, -0.2) is 31.5 Å². The number of benzene rings is 2. The molecule has 1 aromatic heterocycles. The molecule has 3 nitrogen and oxygen atoms in total. The van der Waals surface area contributed by atoms with Crippen molar-refractivity contribution in [2.45, 2.75) is 58.9 Å². The highest BCUT2D eigenvalue weighted by atomic mass is 16.5. The van der Waals surface area contributed by atoms with Crippen LogP contribution in [0.2, 0.25) is 0 Å². The summed E-state index contributed by atoms with van der Waals surface area (Å²) < 4.78 is 13.2. The van der Waals surface area contributed by atoms with Gasteiger partial charge in [-0.15, -0.1) is 0 Å². The predicted octanol–water partition coefficient (Wildman–Crippen LogP) is 6.05. The van der Waals surface area contributed by atoms with E-state index in [1.807, 2.05) is 0 Å². The maximum absolute atomic E-state index is 5.76. The third kappa shape index (κ3) is 4.26. The highest BCUT2D eigenvalue weighted by Crippen LogP contribution is 2.35. The Balaban J connectivity index is 2.12. The van der Waals surface area contributed by atoms with Gasteiger partial charge in [-0.1, -0.05) is 53.7 Å². The third-order valence-electron chi connectivity index (χ3n) is 5.49. The standard InChI is InChI=1S/C25H35NO2/c1-24(2,3)18-8-10-22-20(16-18)21-17-19(25(4,5)6)9-11-23(21)26(22)12-13-28-15-14-27-7/h8-11,16-17H,12-15H2,1-7H3. The van der Waals surface area contributed by atoms with Gasteiger partial charge in [0, 0.05) is 35.5 Å². The van der Waals surface area contributed by atoms with E-state index in [-0.39, 0.29) is 10.8 Å². The number of nitrogens with zero attached hydrogens (tertiary/aromatic N) is 1. The Morgan fingerprint density at radius 1 is 0.714 bits per heavy atom. The van der Waals surface area contributed by atoms with Gasteiger partial charge in [0.05, 0.1) is 19.8 Å². The second-order valence-corrected chi connectivity index (χ2v) is 9.72. The molecule has 3 heteroatoms. The van der Waals surface area contributed by atoms with Crippen LogP contribution >= 0.6 is 0 Å². The number of aromatic nitrogens is 1. The number of hydrogen-bond acceptors (Lipinski definition) is 2. The molecule has 1 heterocycles. The molecule has 0 aliphatic carbocycles. The smallest absolute Gasteiger partial charge is 0.0701 e. The van der Waals surface area contributed by atoms with E-state index >= 15 is 0 Å². The van der Waals surface area contributed by atoms with Crippen molar-refractivity contribution in [2.75, 3.05) is 26.9 Å². The normalized spacial score (nSPS) is 13.0. The summed E-state index contributed by atoms with van der Waals surface area (Å²) in [6, 6.07) is 13.9. The van der Waals surface area contributed by atoms with Crippen molar-refractivity contribution in [3.05, 3.63) is 47.5 Å². The maximum atomic E-state index is 5.76. The largest absolute Gasteiger partial charge is 0.382 e. The molecule has 3 aromatic rings. The molecule has 0 bridgehead atoms. The summed E-state index contributed by atoms with van der Waals surface area (Å²) >= 11 is 0. The van der Waals surface area contributed by atoms with Gasteiger partial charge < -0.3 is 14.0 Å². The van der Waals surface area contributed by atoms with Crippen LogP contribution in [0.5, 0.6) is 0 Å². The Morgan fingerprint density at radius 3 is 1.64 bits per heavy atom. The predicted molar refractivity (Wildman–Crippen MR) is 120 cm³/mol. The molecule has 3 rings (SSSR count). The molecule has 0 unspecified atom stereocenters. The summed E-state index contributed by atoms with van der Waals surface area (Å²) in [4.78, 5) is 0. The summed E-state index contributed by atoms with van der Waals surface area (Å²) in [5.41, 5.74) is 5.57. The fraction of sp³-hybridized carbons (Fsp3) is 0.520. The van der Waals surface area contributed by atoms with Crippen molar-refractivity contribution in [1.29, 1.82) is 0 Å². The van der Waals surface area contributed by atoms with E-state index in [1.54, 1.807) is 7.11 Å². The minimum Gasteiger partial charge on any atom is -0.382 e. The molecular formula is C25H35NO2. The zero-order valence-corrected chi connectivity index (χ0v) is 18.6. The Morgan fingerprint density at radius 2 is 1.21 bits per heavy atom. The van der Waals surface area contributed by atoms with Gasteiger partial charge in [0.2, 0.25) is 0 Å². The average molecular weight is 382 g/mol. The number of methoxy groups -OCH3 is 1. The second-order valence-electron chi connectivity index (χ2n) is 9.72. The van der Waals surface area contributed by atoms with E-state index in [2.05, 4.69) is 82.5 Å². The van der Waals surface area contributed by atoms with Crippen LogP contribution in [0, 0.1) is 0 Å². The molecule has 152 valence electrons. The molecule has 0 radical (unpaired) electrons. The highest BCUT2D eigenvalue weighted by molar-refractivity contribution is 6.08. The third-order valence-corrected chi connectivity index (χ3v) is 5.49. The molecule has 0 atom stereocenters. The fourth-order valence-electron chi connectivity index (χ4n) is 3.68. The maximum Gasteiger partial charge on any atom is 0.0701 e. The highest BCUT2D eigenvalue weighted by Gasteiger charge is 2.19. The molecule has 0 spiro atoms. The van der Waals surface area contributed by atoms with Crippen LogP contribution < -0.4 is 0 Å². The average Bonchev–Trinajstić information content (AvgIpc) is 2.93. The molecule has 28 heavy (non-hydrogen) atoms. The van der Waals surface area contributed by atoms with Gasteiger partial charge in [0.1, 0.15) is 0 Å².